The fourth-order valence-corrected chi connectivity index (χ4v) is 4.48. The van der Waals surface area contributed by atoms with Gasteiger partial charge in [0.2, 0.25) is 11.6 Å². The minimum Gasteiger partial charge on any atom is -0.372 e. The van der Waals surface area contributed by atoms with Crippen molar-refractivity contribution in [3.63, 3.8) is 0 Å². The van der Waals surface area contributed by atoms with Crippen molar-refractivity contribution >= 4 is 34.8 Å². The van der Waals surface area contributed by atoms with E-state index in [4.69, 9.17) is 0 Å². The van der Waals surface area contributed by atoms with Crippen LogP contribution in [0.2, 0.25) is 0 Å². The molecule has 0 fully saturated rings. The second-order valence-electron chi connectivity index (χ2n) is 8.11. The monoisotopic (exact) mass is 404 g/mol. The summed E-state index contributed by atoms with van der Waals surface area (Å²) in [5.74, 6) is -0.0576. The quantitative estimate of drug-likeness (QED) is 0.610. The molecule has 30 heavy (non-hydrogen) atoms. The molecular weight excluding hydrogens is 370 g/mol. The predicted molar refractivity (Wildman–Crippen MR) is 128 cm³/mol. The van der Waals surface area contributed by atoms with E-state index in [1.165, 1.54) is 17.0 Å². The number of carbonyl (C=O) groups excluding carboxylic acids is 1. The molecule has 1 atom stereocenters. The van der Waals surface area contributed by atoms with E-state index in [1.807, 2.05) is 0 Å². The third-order valence-electron chi connectivity index (χ3n) is 6.39. The Hall–Kier alpha value is -2.88. The highest BCUT2D eigenvalue weighted by Gasteiger charge is 2.44. The fraction of sp³-hybridized carbons (Fsp3) is 0.385. The number of benzene rings is 2. The van der Waals surface area contributed by atoms with E-state index in [0.29, 0.717) is 0 Å². The molecule has 1 amide bonds. The summed E-state index contributed by atoms with van der Waals surface area (Å²) in [5.41, 5.74) is 6.85. The Kier molecular flexibility index (Phi) is 6.45. The molecule has 0 aromatic heterocycles. The van der Waals surface area contributed by atoms with E-state index in [-0.39, 0.29) is 11.3 Å². The van der Waals surface area contributed by atoms with Crippen LogP contribution in [0.3, 0.4) is 0 Å². The molecule has 3 rings (SSSR count). The van der Waals surface area contributed by atoms with Gasteiger partial charge in [-0.1, -0.05) is 31.2 Å². The van der Waals surface area contributed by atoms with Crippen molar-refractivity contribution in [2.75, 3.05) is 30.4 Å². The average molecular weight is 405 g/mol. The van der Waals surface area contributed by atoms with Gasteiger partial charge in [0, 0.05) is 43.4 Å². The van der Waals surface area contributed by atoms with Gasteiger partial charge < -0.3 is 10.2 Å². The van der Waals surface area contributed by atoms with Gasteiger partial charge in [0.05, 0.1) is 11.1 Å². The maximum Gasteiger partial charge on any atom is 0.221 e. The van der Waals surface area contributed by atoms with Crippen molar-refractivity contribution < 1.29 is 9.37 Å². The summed E-state index contributed by atoms with van der Waals surface area (Å²) in [4.78, 5) is 14.1. The Morgan fingerprint density at radius 1 is 1.10 bits per heavy atom. The number of rotatable bonds is 7. The number of nitrogens with one attached hydrogen (secondary N) is 1. The zero-order chi connectivity index (χ0) is 21.9. The lowest BCUT2D eigenvalue weighted by molar-refractivity contribution is -0.401. The molecule has 0 saturated carbocycles. The molecule has 1 heterocycles. The van der Waals surface area contributed by atoms with Crippen LogP contribution in [0.25, 0.3) is 6.08 Å². The fourth-order valence-electron chi connectivity index (χ4n) is 4.48. The molecule has 1 unspecified atom stereocenters. The Balaban J connectivity index is 2.03. The van der Waals surface area contributed by atoms with Crippen LogP contribution >= 0.6 is 0 Å². The SMILES string of the molecule is CCN(CC)c1ccc(/C=C/C2=[N+](C)c3ccccc3C2(C)CC)c(NC(C)=O)c1. The summed E-state index contributed by atoms with van der Waals surface area (Å²) in [5, 5.41) is 3.02. The Labute approximate surface area is 180 Å². The summed E-state index contributed by atoms with van der Waals surface area (Å²) in [6.07, 6.45) is 5.36. The van der Waals surface area contributed by atoms with Crippen LogP contribution in [0.4, 0.5) is 17.1 Å². The number of carbonyl (C=O) groups is 1. The van der Waals surface area contributed by atoms with Crippen molar-refractivity contribution in [3.8, 4) is 0 Å². The number of hydrogen-bond acceptors (Lipinski definition) is 2. The largest absolute Gasteiger partial charge is 0.372 e. The Bertz CT molecular complexity index is 1000. The van der Waals surface area contributed by atoms with Gasteiger partial charge in [-0.2, -0.15) is 4.58 Å². The first-order chi connectivity index (χ1) is 14.3. The van der Waals surface area contributed by atoms with E-state index in [9.17, 15) is 4.79 Å². The van der Waals surface area contributed by atoms with Gasteiger partial charge in [0.25, 0.3) is 0 Å². The van der Waals surface area contributed by atoms with Crippen LogP contribution in [-0.2, 0) is 10.2 Å². The van der Waals surface area contributed by atoms with Crippen molar-refractivity contribution in [2.45, 2.75) is 46.5 Å². The second-order valence-corrected chi connectivity index (χ2v) is 8.11. The number of hydrogen-bond donors (Lipinski definition) is 1. The number of allylic oxidation sites excluding steroid dienone is 1. The minimum absolute atomic E-state index is 0.0306. The third kappa shape index (κ3) is 3.91. The van der Waals surface area contributed by atoms with Gasteiger partial charge in [0.1, 0.15) is 7.05 Å². The summed E-state index contributed by atoms with van der Waals surface area (Å²) < 4.78 is 2.29. The molecule has 1 N–H and O–H groups in total. The average Bonchev–Trinajstić information content (AvgIpc) is 2.96. The van der Waals surface area contributed by atoms with Crippen LogP contribution in [0.1, 0.15) is 52.2 Å². The number of anilines is 2. The maximum absolute atomic E-state index is 11.8. The zero-order valence-corrected chi connectivity index (χ0v) is 19.1. The topological polar surface area (TPSA) is 35.4 Å². The highest BCUT2D eigenvalue weighted by Crippen LogP contribution is 2.41. The maximum atomic E-state index is 11.8. The minimum atomic E-state index is -0.0576. The molecule has 158 valence electrons. The van der Waals surface area contributed by atoms with E-state index in [1.54, 1.807) is 6.92 Å². The molecule has 0 bridgehead atoms. The first-order valence-electron chi connectivity index (χ1n) is 10.9. The van der Waals surface area contributed by atoms with Crippen LogP contribution in [0, 0.1) is 0 Å². The summed E-state index contributed by atoms with van der Waals surface area (Å²) in [7, 11) is 2.14. The lowest BCUT2D eigenvalue weighted by atomic mass is 9.77. The molecule has 0 spiro atoms. The predicted octanol–water partition coefficient (Wildman–Crippen LogP) is 5.60. The van der Waals surface area contributed by atoms with E-state index in [2.05, 4.69) is 104 Å². The first-order valence-corrected chi connectivity index (χ1v) is 10.9. The summed E-state index contributed by atoms with van der Waals surface area (Å²) in [6, 6.07) is 14.9. The third-order valence-corrected chi connectivity index (χ3v) is 6.39. The van der Waals surface area contributed by atoms with Gasteiger partial charge in [-0.25, -0.2) is 0 Å². The van der Waals surface area contributed by atoms with Crippen molar-refractivity contribution in [1.82, 2.24) is 0 Å². The molecule has 2 aromatic rings. The van der Waals surface area contributed by atoms with Gasteiger partial charge in [-0.15, -0.1) is 0 Å². The van der Waals surface area contributed by atoms with Crippen LogP contribution in [0.5, 0.6) is 0 Å². The summed E-state index contributed by atoms with van der Waals surface area (Å²) in [6.45, 7) is 12.3. The van der Waals surface area contributed by atoms with Crippen LogP contribution < -0.4 is 10.2 Å². The van der Waals surface area contributed by atoms with Crippen molar-refractivity contribution in [3.05, 3.63) is 59.7 Å². The summed E-state index contributed by atoms with van der Waals surface area (Å²) >= 11 is 0. The normalized spacial score (nSPS) is 18.1. The molecule has 0 aliphatic carbocycles. The van der Waals surface area contributed by atoms with Crippen molar-refractivity contribution in [2.24, 2.45) is 0 Å². The Morgan fingerprint density at radius 3 is 2.43 bits per heavy atom. The Morgan fingerprint density at radius 2 is 1.80 bits per heavy atom. The molecule has 0 saturated heterocycles. The molecule has 0 radical (unpaired) electrons. The highest BCUT2D eigenvalue weighted by molar-refractivity contribution is 6.06. The van der Waals surface area contributed by atoms with Crippen LogP contribution in [-0.4, -0.2) is 36.3 Å². The molecule has 2 aromatic carbocycles. The number of para-hydroxylation sites is 1. The molecule has 4 heteroatoms. The molecule has 1 aliphatic heterocycles. The van der Waals surface area contributed by atoms with Crippen LogP contribution in [0.15, 0.2) is 48.5 Å². The van der Waals surface area contributed by atoms with Crippen molar-refractivity contribution in [1.29, 1.82) is 0 Å². The zero-order valence-electron chi connectivity index (χ0n) is 19.1. The van der Waals surface area contributed by atoms with Gasteiger partial charge >= 0.3 is 0 Å². The second kappa shape index (κ2) is 8.86. The van der Waals surface area contributed by atoms with Gasteiger partial charge in [-0.05, 0) is 51.0 Å². The highest BCUT2D eigenvalue weighted by atomic mass is 16.1. The number of amides is 1. The standard InChI is InChI=1S/C26H33N3O/c1-7-26(5)22-12-10-11-13-24(22)28(6)25(26)17-15-20-14-16-21(29(8-2)9-3)18-23(20)27-19(4)30/h10-18H,7-9H2,1-6H3/p+1. The smallest absolute Gasteiger partial charge is 0.221 e. The van der Waals surface area contributed by atoms with E-state index >= 15 is 0 Å². The van der Waals surface area contributed by atoms with Gasteiger partial charge in [0.15, 0.2) is 5.71 Å². The molecule has 4 nitrogen and oxygen atoms in total. The molecule has 1 aliphatic rings. The number of fused-ring (bicyclic) bond motifs is 1. The van der Waals surface area contributed by atoms with E-state index in [0.717, 1.165) is 36.4 Å². The first kappa shape index (κ1) is 21.8. The lowest BCUT2D eigenvalue weighted by Gasteiger charge is -2.22. The van der Waals surface area contributed by atoms with E-state index < -0.39 is 0 Å². The number of nitrogens with zero attached hydrogens (tertiary/aromatic N) is 2. The lowest BCUT2D eigenvalue weighted by Crippen LogP contribution is -2.29. The molecular formula is C26H34N3O+. The van der Waals surface area contributed by atoms with Gasteiger partial charge in [-0.3, -0.25) is 4.79 Å².